The van der Waals surface area contributed by atoms with E-state index in [0.717, 1.165) is 17.8 Å². The standard InChI is InChI=1S/C13H11BrF2N2/c1-8(12-4-2-3-5-17-12)18-13-7-10(15)9(14)6-11(13)16/h2-8,18H,1H3. The van der Waals surface area contributed by atoms with Crippen molar-refractivity contribution in [3.8, 4) is 0 Å². The largest absolute Gasteiger partial charge is 0.374 e. The van der Waals surface area contributed by atoms with Gasteiger partial charge in [0.1, 0.15) is 11.6 Å². The molecule has 1 heterocycles. The number of nitrogens with zero attached hydrogens (tertiary/aromatic N) is 1. The van der Waals surface area contributed by atoms with Crippen LogP contribution in [-0.2, 0) is 0 Å². The molecule has 0 aliphatic carbocycles. The predicted octanol–water partition coefficient (Wildman–Crippen LogP) is 4.30. The molecule has 1 atom stereocenters. The Balaban J connectivity index is 2.22. The number of pyridine rings is 1. The summed E-state index contributed by atoms with van der Waals surface area (Å²) < 4.78 is 27.1. The lowest BCUT2D eigenvalue weighted by atomic mass is 10.2. The number of halogens is 3. The molecule has 2 rings (SSSR count). The molecule has 2 aromatic rings. The van der Waals surface area contributed by atoms with E-state index in [-0.39, 0.29) is 16.2 Å². The van der Waals surface area contributed by atoms with Crippen molar-refractivity contribution in [3.05, 3.63) is 58.3 Å². The first kappa shape index (κ1) is 13.0. The molecule has 2 nitrogen and oxygen atoms in total. The molecule has 18 heavy (non-hydrogen) atoms. The maximum absolute atomic E-state index is 13.6. The minimum absolute atomic E-state index is 0.107. The van der Waals surface area contributed by atoms with Gasteiger partial charge in [0.15, 0.2) is 0 Å². The minimum atomic E-state index is -0.508. The molecule has 0 amide bonds. The number of hydrogen-bond acceptors (Lipinski definition) is 2. The summed E-state index contributed by atoms with van der Waals surface area (Å²) in [6.45, 7) is 1.84. The highest BCUT2D eigenvalue weighted by Gasteiger charge is 2.12. The van der Waals surface area contributed by atoms with E-state index < -0.39 is 11.6 Å². The van der Waals surface area contributed by atoms with Gasteiger partial charge in [0.05, 0.1) is 21.9 Å². The highest BCUT2D eigenvalue weighted by atomic mass is 79.9. The van der Waals surface area contributed by atoms with Gasteiger partial charge in [-0.05, 0) is 41.1 Å². The number of aromatic nitrogens is 1. The maximum Gasteiger partial charge on any atom is 0.147 e. The van der Waals surface area contributed by atoms with Gasteiger partial charge < -0.3 is 5.32 Å². The summed E-state index contributed by atoms with van der Waals surface area (Å²) >= 11 is 2.94. The fraction of sp³-hybridized carbons (Fsp3) is 0.154. The van der Waals surface area contributed by atoms with Gasteiger partial charge in [0.25, 0.3) is 0 Å². The van der Waals surface area contributed by atoms with Crippen molar-refractivity contribution < 1.29 is 8.78 Å². The Labute approximate surface area is 112 Å². The minimum Gasteiger partial charge on any atom is -0.374 e. The molecular weight excluding hydrogens is 302 g/mol. The SMILES string of the molecule is CC(Nc1cc(F)c(Br)cc1F)c1ccccn1. The second kappa shape index (κ2) is 5.44. The van der Waals surface area contributed by atoms with Gasteiger partial charge in [-0.15, -0.1) is 0 Å². The summed E-state index contributed by atoms with van der Waals surface area (Å²) in [7, 11) is 0. The smallest absolute Gasteiger partial charge is 0.147 e. The molecule has 0 saturated heterocycles. The average Bonchev–Trinajstić information content (AvgIpc) is 2.37. The molecular formula is C13H11BrF2N2. The van der Waals surface area contributed by atoms with E-state index in [4.69, 9.17) is 0 Å². The Morgan fingerprint density at radius 3 is 2.67 bits per heavy atom. The van der Waals surface area contributed by atoms with Crippen LogP contribution < -0.4 is 5.32 Å². The fourth-order valence-electron chi connectivity index (χ4n) is 1.57. The predicted molar refractivity (Wildman–Crippen MR) is 70.3 cm³/mol. The van der Waals surface area contributed by atoms with Crippen LogP contribution in [0.4, 0.5) is 14.5 Å². The van der Waals surface area contributed by atoms with Crippen molar-refractivity contribution in [2.45, 2.75) is 13.0 Å². The first-order chi connectivity index (χ1) is 8.58. The number of anilines is 1. The van der Waals surface area contributed by atoms with Crippen LogP contribution in [0, 0.1) is 11.6 Å². The van der Waals surface area contributed by atoms with Gasteiger partial charge in [0.2, 0.25) is 0 Å². The highest BCUT2D eigenvalue weighted by Crippen LogP contribution is 2.26. The van der Waals surface area contributed by atoms with Crippen LogP contribution in [0.3, 0.4) is 0 Å². The molecule has 0 aliphatic rings. The van der Waals surface area contributed by atoms with Gasteiger partial charge in [0, 0.05) is 12.3 Å². The Morgan fingerprint density at radius 2 is 2.00 bits per heavy atom. The second-order valence-corrected chi connectivity index (χ2v) is 4.72. The Bertz CT molecular complexity index is 546. The van der Waals surface area contributed by atoms with E-state index in [0.29, 0.717) is 0 Å². The maximum atomic E-state index is 13.6. The summed E-state index contributed by atoms with van der Waals surface area (Å²) in [6.07, 6.45) is 1.66. The van der Waals surface area contributed by atoms with Crippen molar-refractivity contribution in [2.24, 2.45) is 0 Å². The number of nitrogens with one attached hydrogen (secondary N) is 1. The van der Waals surface area contributed by atoms with Crippen molar-refractivity contribution in [2.75, 3.05) is 5.32 Å². The van der Waals surface area contributed by atoms with Crippen LogP contribution in [0.25, 0.3) is 0 Å². The van der Waals surface area contributed by atoms with E-state index in [9.17, 15) is 8.78 Å². The van der Waals surface area contributed by atoms with Gasteiger partial charge in [-0.25, -0.2) is 8.78 Å². The van der Waals surface area contributed by atoms with E-state index in [1.54, 1.807) is 12.3 Å². The molecule has 0 aliphatic heterocycles. The lowest BCUT2D eigenvalue weighted by Gasteiger charge is -2.15. The summed E-state index contributed by atoms with van der Waals surface area (Å²) in [5.74, 6) is -1.02. The third kappa shape index (κ3) is 2.85. The van der Waals surface area contributed by atoms with Crippen LogP contribution in [0.15, 0.2) is 41.0 Å². The van der Waals surface area contributed by atoms with Gasteiger partial charge >= 0.3 is 0 Å². The average molecular weight is 313 g/mol. The van der Waals surface area contributed by atoms with Crippen LogP contribution >= 0.6 is 15.9 Å². The summed E-state index contributed by atoms with van der Waals surface area (Å²) in [5, 5.41) is 2.90. The van der Waals surface area contributed by atoms with Crippen molar-refractivity contribution in [3.63, 3.8) is 0 Å². The quantitative estimate of drug-likeness (QED) is 0.855. The van der Waals surface area contributed by atoms with Gasteiger partial charge in [-0.1, -0.05) is 6.07 Å². The molecule has 0 spiro atoms. The van der Waals surface area contributed by atoms with E-state index in [1.807, 2.05) is 19.1 Å². The van der Waals surface area contributed by atoms with Crippen LogP contribution in [0.1, 0.15) is 18.7 Å². The van der Waals surface area contributed by atoms with Crippen molar-refractivity contribution in [1.29, 1.82) is 0 Å². The lowest BCUT2D eigenvalue weighted by Crippen LogP contribution is -2.09. The molecule has 1 N–H and O–H groups in total. The zero-order chi connectivity index (χ0) is 13.1. The van der Waals surface area contributed by atoms with E-state index in [1.165, 1.54) is 0 Å². The molecule has 0 saturated carbocycles. The lowest BCUT2D eigenvalue weighted by molar-refractivity contribution is 0.594. The molecule has 1 aromatic carbocycles. The third-order valence-corrected chi connectivity index (χ3v) is 3.12. The normalized spacial score (nSPS) is 12.2. The molecule has 1 aromatic heterocycles. The van der Waals surface area contributed by atoms with Crippen molar-refractivity contribution in [1.82, 2.24) is 4.98 Å². The summed E-state index contributed by atoms with van der Waals surface area (Å²) in [4.78, 5) is 4.16. The number of hydrogen-bond donors (Lipinski definition) is 1. The Morgan fingerprint density at radius 1 is 1.22 bits per heavy atom. The molecule has 0 fully saturated rings. The van der Waals surface area contributed by atoms with Crippen LogP contribution in [0.2, 0.25) is 0 Å². The fourth-order valence-corrected chi connectivity index (χ4v) is 1.89. The second-order valence-electron chi connectivity index (χ2n) is 3.87. The molecule has 94 valence electrons. The van der Waals surface area contributed by atoms with Crippen LogP contribution in [-0.4, -0.2) is 4.98 Å². The molecule has 0 radical (unpaired) electrons. The van der Waals surface area contributed by atoms with E-state index >= 15 is 0 Å². The highest BCUT2D eigenvalue weighted by molar-refractivity contribution is 9.10. The monoisotopic (exact) mass is 312 g/mol. The first-order valence-electron chi connectivity index (χ1n) is 5.40. The van der Waals surface area contributed by atoms with Crippen molar-refractivity contribution >= 4 is 21.6 Å². The van der Waals surface area contributed by atoms with E-state index in [2.05, 4.69) is 26.2 Å². The molecule has 1 unspecified atom stereocenters. The summed E-state index contributed by atoms with van der Waals surface area (Å²) in [5.41, 5.74) is 0.883. The zero-order valence-corrected chi connectivity index (χ0v) is 11.2. The third-order valence-electron chi connectivity index (χ3n) is 2.51. The number of benzene rings is 1. The Hall–Kier alpha value is -1.49. The topological polar surface area (TPSA) is 24.9 Å². The zero-order valence-electron chi connectivity index (χ0n) is 9.62. The first-order valence-corrected chi connectivity index (χ1v) is 6.19. The summed E-state index contributed by atoms with van der Waals surface area (Å²) in [6, 6.07) is 7.49. The Kier molecular flexibility index (Phi) is 3.91. The van der Waals surface area contributed by atoms with Gasteiger partial charge in [-0.2, -0.15) is 0 Å². The molecule has 0 bridgehead atoms. The number of rotatable bonds is 3. The molecule has 5 heteroatoms. The van der Waals surface area contributed by atoms with Crippen LogP contribution in [0.5, 0.6) is 0 Å². The van der Waals surface area contributed by atoms with Gasteiger partial charge in [-0.3, -0.25) is 4.98 Å².